The normalized spacial score (nSPS) is 10.1. The molecule has 0 atom stereocenters. The van der Waals surface area contributed by atoms with Crippen LogP contribution >= 0.6 is 0 Å². The molecule has 4 nitrogen and oxygen atoms in total. The summed E-state index contributed by atoms with van der Waals surface area (Å²) in [6.07, 6.45) is 3.86. The third-order valence-electron chi connectivity index (χ3n) is 2.52. The molecule has 0 unspecified atom stereocenters. The van der Waals surface area contributed by atoms with Gasteiger partial charge < -0.3 is 10.5 Å². The van der Waals surface area contributed by atoms with Crippen molar-refractivity contribution in [3.05, 3.63) is 59.9 Å². The van der Waals surface area contributed by atoms with Crippen molar-refractivity contribution in [2.75, 3.05) is 5.43 Å². The molecule has 2 rings (SSSR count). The van der Waals surface area contributed by atoms with E-state index in [1.54, 1.807) is 0 Å². The molecule has 0 radical (unpaired) electrons. The van der Waals surface area contributed by atoms with Crippen molar-refractivity contribution in [1.29, 1.82) is 0 Å². The smallest absolute Gasteiger partial charge is 0.307 e. The van der Waals surface area contributed by atoms with Gasteiger partial charge in [0.05, 0.1) is 13.0 Å². The van der Waals surface area contributed by atoms with Crippen molar-refractivity contribution in [3.63, 3.8) is 0 Å². The number of aliphatic carboxylic acids is 1. The van der Waals surface area contributed by atoms with E-state index in [-0.39, 0.29) is 6.42 Å². The maximum absolute atomic E-state index is 10.7. The molecule has 0 spiro atoms. The Morgan fingerprint density at radius 3 is 2.41 bits per heavy atom. The Labute approximate surface area is 99.5 Å². The van der Waals surface area contributed by atoms with Gasteiger partial charge in [-0.25, -0.2) is 0 Å². The lowest BCUT2D eigenvalue weighted by Crippen LogP contribution is -2.14. The summed E-state index contributed by atoms with van der Waals surface area (Å²) < 4.78 is 1.84. The maximum atomic E-state index is 10.7. The lowest BCUT2D eigenvalue weighted by molar-refractivity contribution is -0.136. The predicted molar refractivity (Wildman–Crippen MR) is 65.3 cm³/mol. The quantitative estimate of drug-likeness (QED) is 0.824. The minimum Gasteiger partial charge on any atom is -0.481 e. The number of hydrogen-bond acceptors (Lipinski definition) is 2. The molecule has 2 aromatic rings. The zero-order valence-electron chi connectivity index (χ0n) is 9.34. The molecule has 0 aliphatic carbocycles. The van der Waals surface area contributed by atoms with Gasteiger partial charge in [-0.05, 0) is 23.3 Å². The highest BCUT2D eigenvalue weighted by Crippen LogP contribution is 2.09. The highest BCUT2D eigenvalue weighted by Gasteiger charge is 2.05. The zero-order valence-corrected chi connectivity index (χ0v) is 9.34. The standard InChI is InChI=1S/C13H14N2O2/c16-13(17)9-11-5-1-2-6-12(11)10-14-15-7-3-4-8-15/h1-8,14H,9-10H2,(H,16,17). The summed E-state index contributed by atoms with van der Waals surface area (Å²) in [5.41, 5.74) is 5.03. The number of benzene rings is 1. The average molecular weight is 230 g/mol. The molecule has 0 aliphatic heterocycles. The van der Waals surface area contributed by atoms with Crippen LogP contribution in [0.5, 0.6) is 0 Å². The van der Waals surface area contributed by atoms with E-state index in [1.165, 1.54) is 0 Å². The van der Waals surface area contributed by atoms with E-state index < -0.39 is 5.97 Å². The third-order valence-corrected chi connectivity index (χ3v) is 2.52. The second kappa shape index (κ2) is 5.21. The number of carbonyl (C=O) groups is 1. The second-order valence-electron chi connectivity index (χ2n) is 3.76. The van der Waals surface area contributed by atoms with Crippen molar-refractivity contribution in [2.24, 2.45) is 0 Å². The number of carboxylic acids is 1. The number of hydrogen-bond donors (Lipinski definition) is 2. The average Bonchev–Trinajstić information content (AvgIpc) is 2.80. The van der Waals surface area contributed by atoms with Crippen LogP contribution in [-0.4, -0.2) is 15.8 Å². The van der Waals surface area contributed by atoms with Crippen molar-refractivity contribution >= 4 is 5.97 Å². The van der Waals surface area contributed by atoms with Crippen molar-refractivity contribution < 1.29 is 9.90 Å². The Bertz CT molecular complexity index is 492. The number of aromatic nitrogens is 1. The molecule has 1 aromatic carbocycles. The Hall–Kier alpha value is -2.23. The summed E-state index contributed by atoms with van der Waals surface area (Å²) in [4.78, 5) is 10.7. The van der Waals surface area contributed by atoms with Gasteiger partial charge in [0.2, 0.25) is 0 Å². The topological polar surface area (TPSA) is 54.3 Å². The number of carboxylic acid groups (broad SMARTS) is 1. The fourth-order valence-corrected chi connectivity index (χ4v) is 1.68. The summed E-state index contributed by atoms with van der Waals surface area (Å²) in [5.74, 6) is -0.807. The van der Waals surface area contributed by atoms with Crippen molar-refractivity contribution in [1.82, 2.24) is 4.68 Å². The lowest BCUT2D eigenvalue weighted by Gasteiger charge is -2.10. The first-order valence-corrected chi connectivity index (χ1v) is 5.41. The van der Waals surface area contributed by atoms with E-state index in [0.717, 1.165) is 11.1 Å². The fraction of sp³-hybridized carbons (Fsp3) is 0.154. The molecule has 0 amide bonds. The largest absolute Gasteiger partial charge is 0.481 e. The van der Waals surface area contributed by atoms with E-state index in [1.807, 2.05) is 53.5 Å². The van der Waals surface area contributed by atoms with Gasteiger partial charge in [0, 0.05) is 12.4 Å². The van der Waals surface area contributed by atoms with Crippen LogP contribution in [0.1, 0.15) is 11.1 Å². The van der Waals surface area contributed by atoms with E-state index in [9.17, 15) is 4.79 Å². The highest BCUT2D eigenvalue weighted by molar-refractivity contribution is 5.70. The van der Waals surface area contributed by atoms with Crippen LogP contribution in [0.15, 0.2) is 48.8 Å². The summed E-state index contributed by atoms with van der Waals surface area (Å²) in [5, 5.41) is 8.82. The van der Waals surface area contributed by atoms with Gasteiger partial charge in [0.25, 0.3) is 0 Å². The van der Waals surface area contributed by atoms with Gasteiger partial charge in [0.15, 0.2) is 0 Å². The summed E-state index contributed by atoms with van der Waals surface area (Å²) in [6.45, 7) is 0.609. The maximum Gasteiger partial charge on any atom is 0.307 e. The SMILES string of the molecule is O=C(O)Cc1ccccc1CNn1cccc1. The van der Waals surface area contributed by atoms with Gasteiger partial charge in [-0.3, -0.25) is 9.47 Å². The van der Waals surface area contributed by atoms with Crippen LogP contribution in [0.2, 0.25) is 0 Å². The first kappa shape index (κ1) is 11.3. The molecule has 0 aliphatic rings. The minimum atomic E-state index is -0.807. The molecule has 0 fully saturated rings. The molecule has 1 heterocycles. The molecule has 0 bridgehead atoms. The number of nitrogens with one attached hydrogen (secondary N) is 1. The predicted octanol–water partition coefficient (Wildman–Crippen LogP) is 1.86. The Morgan fingerprint density at radius 2 is 1.76 bits per heavy atom. The second-order valence-corrected chi connectivity index (χ2v) is 3.76. The van der Waals surface area contributed by atoms with E-state index in [2.05, 4.69) is 5.43 Å². The molecule has 88 valence electrons. The number of nitrogens with zero attached hydrogens (tertiary/aromatic N) is 1. The fourth-order valence-electron chi connectivity index (χ4n) is 1.68. The molecule has 0 saturated heterocycles. The van der Waals surface area contributed by atoms with Gasteiger partial charge >= 0.3 is 5.97 Å². The van der Waals surface area contributed by atoms with Gasteiger partial charge in [-0.2, -0.15) is 0 Å². The molecular formula is C13H14N2O2. The van der Waals surface area contributed by atoms with Crippen LogP contribution in [0.3, 0.4) is 0 Å². The van der Waals surface area contributed by atoms with Crippen LogP contribution in [0.25, 0.3) is 0 Å². The molecule has 0 saturated carbocycles. The van der Waals surface area contributed by atoms with Crippen LogP contribution < -0.4 is 5.43 Å². The monoisotopic (exact) mass is 230 g/mol. The molecular weight excluding hydrogens is 216 g/mol. The van der Waals surface area contributed by atoms with Crippen LogP contribution in [-0.2, 0) is 17.8 Å². The molecule has 2 N–H and O–H groups in total. The van der Waals surface area contributed by atoms with Crippen molar-refractivity contribution in [3.8, 4) is 0 Å². The summed E-state index contributed by atoms with van der Waals surface area (Å²) in [7, 11) is 0. The zero-order chi connectivity index (χ0) is 12.1. The van der Waals surface area contributed by atoms with E-state index >= 15 is 0 Å². The van der Waals surface area contributed by atoms with E-state index in [4.69, 9.17) is 5.11 Å². The summed E-state index contributed by atoms with van der Waals surface area (Å²) in [6, 6.07) is 11.4. The van der Waals surface area contributed by atoms with Crippen LogP contribution in [0, 0.1) is 0 Å². The highest BCUT2D eigenvalue weighted by atomic mass is 16.4. The first-order chi connectivity index (χ1) is 8.25. The third kappa shape index (κ3) is 3.11. The Kier molecular flexibility index (Phi) is 3.45. The Morgan fingerprint density at radius 1 is 1.12 bits per heavy atom. The molecule has 1 aromatic heterocycles. The van der Waals surface area contributed by atoms with Gasteiger partial charge in [-0.1, -0.05) is 24.3 Å². The van der Waals surface area contributed by atoms with Crippen LogP contribution in [0.4, 0.5) is 0 Å². The van der Waals surface area contributed by atoms with E-state index in [0.29, 0.717) is 6.54 Å². The first-order valence-electron chi connectivity index (χ1n) is 5.41. The summed E-state index contributed by atoms with van der Waals surface area (Å²) >= 11 is 0. The molecule has 4 heteroatoms. The minimum absolute atomic E-state index is 0.0591. The lowest BCUT2D eigenvalue weighted by atomic mass is 10.1. The number of rotatable bonds is 5. The van der Waals surface area contributed by atoms with Gasteiger partial charge in [0.1, 0.15) is 0 Å². The van der Waals surface area contributed by atoms with Gasteiger partial charge in [-0.15, -0.1) is 0 Å². The Balaban J connectivity index is 2.06. The van der Waals surface area contributed by atoms with Crippen molar-refractivity contribution in [2.45, 2.75) is 13.0 Å². The molecule has 17 heavy (non-hydrogen) atoms.